The summed E-state index contributed by atoms with van der Waals surface area (Å²) in [7, 11) is 1.31. The first-order chi connectivity index (χ1) is 14.7. The van der Waals surface area contributed by atoms with Crippen LogP contribution in [0.25, 0.3) is 27.8 Å². The zero-order chi connectivity index (χ0) is 22.3. The molecule has 160 valence electrons. The highest BCUT2D eigenvalue weighted by molar-refractivity contribution is 5.95. The molecule has 4 aromatic rings. The van der Waals surface area contributed by atoms with E-state index in [0.717, 1.165) is 11.1 Å². The fourth-order valence-electron chi connectivity index (χ4n) is 3.57. The summed E-state index contributed by atoms with van der Waals surface area (Å²) in [6.45, 7) is 3.45. The van der Waals surface area contributed by atoms with Gasteiger partial charge in [0.05, 0.1) is 41.1 Å². The number of benzene rings is 2. The van der Waals surface area contributed by atoms with Crippen molar-refractivity contribution in [3.05, 3.63) is 65.9 Å². The lowest BCUT2D eigenvalue weighted by atomic mass is 9.86. The van der Waals surface area contributed by atoms with E-state index in [1.54, 1.807) is 28.7 Å². The Kier molecular flexibility index (Phi) is 5.13. The number of ether oxygens (including phenoxy) is 2. The molecule has 0 atom stereocenters. The lowest BCUT2D eigenvalue weighted by Gasteiger charge is -2.19. The molecule has 0 saturated carbocycles. The first-order valence-corrected chi connectivity index (χ1v) is 9.77. The Morgan fingerprint density at radius 1 is 1.03 bits per heavy atom. The topological polar surface area (TPSA) is 52.8 Å². The number of methoxy groups -OCH3 is 1. The second-order valence-corrected chi connectivity index (χ2v) is 8.29. The Bertz CT molecular complexity index is 1270. The second-order valence-electron chi connectivity index (χ2n) is 8.29. The summed E-state index contributed by atoms with van der Waals surface area (Å²) >= 11 is 0. The molecular weight excluding hydrogens is 402 g/mol. The van der Waals surface area contributed by atoms with Crippen LogP contribution < -0.4 is 4.74 Å². The van der Waals surface area contributed by atoms with E-state index in [2.05, 4.69) is 25.5 Å². The Hall–Kier alpha value is -3.48. The highest BCUT2D eigenvalue weighted by Gasteiger charge is 2.18. The van der Waals surface area contributed by atoms with Gasteiger partial charge in [0, 0.05) is 11.6 Å². The molecule has 2 aromatic heterocycles. The van der Waals surface area contributed by atoms with Gasteiger partial charge in [-0.1, -0.05) is 45.0 Å². The summed E-state index contributed by atoms with van der Waals surface area (Å²) in [5.41, 5.74) is 4.74. The number of aromatic nitrogens is 2. The molecule has 0 radical (unpaired) electrons. The molecule has 31 heavy (non-hydrogen) atoms. The van der Waals surface area contributed by atoms with E-state index in [4.69, 9.17) is 9.72 Å². The maximum absolute atomic E-state index is 12.8. The predicted molar refractivity (Wildman–Crippen MR) is 115 cm³/mol. The third-order valence-corrected chi connectivity index (χ3v) is 5.18. The van der Waals surface area contributed by atoms with Crippen LogP contribution in [0.3, 0.4) is 0 Å². The summed E-state index contributed by atoms with van der Waals surface area (Å²) in [5, 5.41) is 0. The van der Waals surface area contributed by atoms with Crippen LogP contribution in [-0.4, -0.2) is 29.1 Å². The maximum atomic E-state index is 12.8. The number of halogens is 2. The van der Waals surface area contributed by atoms with Gasteiger partial charge in [-0.2, -0.15) is 8.78 Å². The Balaban J connectivity index is 1.96. The average Bonchev–Trinajstić information content (AvgIpc) is 3.14. The number of rotatable bonds is 4. The minimum atomic E-state index is -2.93. The van der Waals surface area contributed by atoms with Crippen LogP contribution in [-0.2, 0) is 10.2 Å². The molecule has 0 aliphatic carbocycles. The van der Waals surface area contributed by atoms with E-state index in [-0.39, 0.29) is 11.2 Å². The zero-order valence-corrected chi connectivity index (χ0v) is 17.6. The second kappa shape index (κ2) is 7.65. The van der Waals surface area contributed by atoms with Crippen molar-refractivity contribution < 1.29 is 23.0 Å². The molecule has 0 unspecified atom stereocenters. The van der Waals surface area contributed by atoms with Gasteiger partial charge < -0.3 is 13.9 Å². The molecule has 0 saturated heterocycles. The number of fused-ring (bicyclic) bond motifs is 3. The summed E-state index contributed by atoms with van der Waals surface area (Å²) in [6.07, 6.45) is 1.50. The van der Waals surface area contributed by atoms with Crippen molar-refractivity contribution >= 4 is 22.5 Å². The van der Waals surface area contributed by atoms with Crippen molar-refractivity contribution in [3.63, 3.8) is 0 Å². The quantitative estimate of drug-likeness (QED) is 0.386. The number of carbonyl (C=O) groups excluding carboxylic acids is 1. The van der Waals surface area contributed by atoms with E-state index in [9.17, 15) is 13.6 Å². The largest absolute Gasteiger partial charge is 0.465 e. The highest BCUT2D eigenvalue weighted by Crippen LogP contribution is 2.33. The van der Waals surface area contributed by atoms with Crippen LogP contribution in [0.4, 0.5) is 8.78 Å². The van der Waals surface area contributed by atoms with Crippen molar-refractivity contribution in [2.75, 3.05) is 7.11 Å². The number of esters is 1. The highest BCUT2D eigenvalue weighted by atomic mass is 19.3. The van der Waals surface area contributed by atoms with Gasteiger partial charge in [-0.3, -0.25) is 0 Å². The fraction of sp³-hybridized carbons (Fsp3) is 0.250. The summed E-state index contributed by atoms with van der Waals surface area (Å²) in [5.74, 6) is -0.442. The molecule has 0 spiro atoms. The zero-order valence-electron chi connectivity index (χ0n) is 17.6. The molecule has 0 bridgehead atoms. The van der Waals surface area contributed by atoms with E-state index in [1.807, 2.05) is 24.3 Å². The smallest absolute Gasteiger partial charge is 0.387 e. The number of alkyl halides is 2. The lowest BCUT2D eigenvalue weighted by molar-refractivity contribution is -0.0497. The van der Waals surface area contributed by atoms with Gasteiger partial charge in [0.2, 0.25) is 0 Å². The van der Waals surface area contributed by atoms with Crippen LogP contribution in [0.1, 0.15) is 36.7 Å². The summed E-state index contributed by atoms with van der Waals surface area (Å²) in [4.78, 5) is 16.7. The predicted octanol–water partition coefficient (Wildman–Crippen LogP) is 5.84. The summed E-state index contributed by atoms with van der Waals surface area (Å²) < 4.78 is 36.8. The SMILES string of the molecule is COC(=O)c1ccc2c(c1)nc(-c1ccc(C(C)(C)C)cc1)c1cc(OC(F)F)cn12. The molecule has 5 nitrogen and oxygen atoms in total. The molecule has 4 rings (SSSR count). The first kappa shape index (κ1) is 20.8. The standard InChI is InChI=1S/C24H22F2N2O3/c1-24(2,3)16-8-5-14(6-9-16)21-20-12-17(31-23(25)26)13-28(20)19-10-7-15(22(29)30-4)11-18(19)27-21/h5-13,23H,1-4H3. The van der Waals surface area contributed by atoms with Crippen LogP contribution >= 0.6 is 0 Å². The Morgan fingerprint density at radius 2 is 1.74 bits per heavy atom. The maximum Gasteiger partial charge on any atom is 0.387 e. The van der Waals surface area contributed by atoms with Gasteiger partial charge in [0.15, 0.2) is 0 Å². The van der Waals surface area contributed by atoms with Gasteiger partial charge in [-0.15, -0.1) is 0 Å². The average molecular weight is 424 g/mol. The molecule has 0 aliphatic rings. The van der Waals surface area contributed by atoms with Crippen LogP contribution in [0.5, 0.6) is 5.75 Å². The van der Waals surface area contributed by atoms with Crippen LogP contribution in [0.15, 0.2) is 54.7 Å². The number of hydrogen-bond acceptors (Lipinski definition) is 4. The molecule has 2 heterocycles. The van der Waals surface area contributed by atoms with Crippen molar-refractivity contribution in [2.24, 2.45) is 0 Å². The van der Waals surface area contributed by atoms with Crippen LogP contribution in [0, 0.1) is 0 Å². The van der Waals surface area contributed by atoms with Crippen LogP contribution in [0.2, 0.25) is 0 Å². The molecule has 2 aromatic carbocycles. The Labute approximate surface area is 178 Å². The van der Waals surface area contributed by atoms with Gasteiger partial charge in [-0.05, 0) is 29.2 Å². The molecule has 0 aliphatic heterocycles. The van der Waals surface area contributed by atoms with Gasteiger partial charge in [-0.25, -0.2) is 9.78 Å². The number of nitrogens with zero attached hydrogens (tertiary/aromatic N) is 2. The minimum Gasteiger partial charge on any atom is -0.465 e. The monoisotopic (exact) mass is 424 g/mol. The normalized spacial score (nSPS) is 12.0. The van der Waals surface area contributed by atoms with E-state index in [0.29, 0.717) is 27.8 Å². The third-order valence-electron chi connectivity index (χ3n) is 5.18. The van der Waals surface area contributed by atoms with Crippen molar-refractivity contribution in [1.82, 2.24) is 9.38 Å². The van der Waals surface area contributed by atoms with Gasteiger partial charge in [0.1, 0.15) is 5.75 Å². The molecule has 0 amide bonds. The molecule has 0 fully saturated rings. The van der Waals surface area contributed by atoms with Crippen molar-refractivity contribution in [2.45, 2.75) is 32.8 Å². The fourth-order valence-corrected chi connectivity index (χ4v) is 3.57. The van der Waals surface area contributed by atoms with E-state index < -0.39 is 12.6 Å². The van der Waals surface area contributed by atoms with Crippen molar-refractivity contribution in [1.29, 1.82) is 0 Å². The van der Waals surface area contributed by atoms with E-state index in [1.165, 1.54) is 13.3 Å². The minimum absolute atomic E-state index is 0.00654. The molecule has 0 N–H and O–H groups in total. The number of carbonyl (C=O) groups is 1. The molecule has 7 heteroatoms. The molecular formula is C24H22F2N2O3. The summed E-state index contributed by atoms with van der Waals surface area (Å²) in [6, 6.07) is 14.5. The van der Waals surface area contributed by atoms with Gasteiger partial charge in [0.25, 0.3) is 0 Å². The first-order valence-electron chi connectivity index (χ1n) is 9.77. The lowest BCUT2D eigenvalue weighted by Crippen LogP contribution is -2.10. The van der Waals surface area contributed by atoms with E-state index >= 15 is 0 Å². The Morgan fingerprint density at radius 3 is 2.35 bits per heavy atom. The van der Waals surface area contributed by atoms with Crippen molar-refractivity contribution in [3.8, 4) is 17.0 Å². The van der Waals surface area contributed by atoms with Gasteiger partial charge >= 0.3 is 12.6 Å². The third kappa shape index (κ3) is 3.95. The number of hydrogen-bond donors (Lipinski definition) is 0.